The zero-order chi connectivity index (χ0) is 17.2. The molecule has 3 N–H and O–H groups in total. The van der Waals surface area contributed by atoms with E-state index >= 15 is 0 Å². The Morgan fingerprint density at radius 3 is 2.56 bits per heavy atom. The van der Waals surface area contributed by atoms with Crippen LogP contribution in [0.1, 0.15) is 16.7 Å². The van der Waals surface area contributed by atoms with Crippen LogP contribution in [0.4, 0.5) is 5.82 Å². The quantitative estimate of drug-likeness (QED) is 0.561. The normalized spacial score (nSPS) is 11.2. The van der Waals surface area contributed by atoms with Gasteiger partial charge in [-0.15, -0.1) is 0 Å². The smallest absolute Gasteiger partial charge is 0.150 e. The first-order valence-electron chi connectivity index (χ1n) is 8.37. The topological polar surface area (TPSA) is 72.0 Å². The van der Waals surface area contributed by atoms with E-state index in [4.69, 9.17) is 5.73 Å². The van der Waals surface area contributed by atoms with E-state index in [1.54, 1.807) is 6.20 Å². The summed E-state index contributed by atoms with van der Waals surface area (Å²) in [6.45, 7) is -0.0105. The summed E-state index contributed by atoms with van der Waals surface area (Å²) in [5.74, 6) is 0.430. The molecule has 0 amide bonds. The summed E-state index contributed by atoms with van der Waals surface area (Å²) >= 11 is 0. The lowest BCUT2D eigenvalue weighted by Crippen LogP contribution is -2.00. The van der Waals surface area contributed by atoms with Crippen molar-refractivity contribution in [2.75, 3.05) is 5.73 Å². The predicted molar refractivity (Wildman–Crippen MR) is 101 cm³/mol. The van der Waals surface area contributed by atoms with Gasteiger partial charge in [0.2, 0.25) is 0 Å². The summed E-state index contributed by atoms with van der Waals surface area (Å²) in [6, 6.07) is 18.3. The number of aliphatic hydroxyl groups excluding tert-OH is 1. The second kappa shape index (κ2) is 6.49. The van der Waals surface area contributed by atoms with E-state index in [-0.39, 0.29) is 6.61 Å². The van der Waals surface area contributed by atoms with E-state index in [9.17, 15) is 5.11 Å². The number of hydrogen-bond donors (Lipinski definition) is 2. The predicted octanol–water partition coefficient (Wildman–Crippen LogP) is 3.64. The van der Waals surface area contributed by atoms with Crippen LogP contribution in [0.5, 0.6) is 0 Å². The Balaban J connectivity index is 1.86. The first-order valence-corrected chi connectivity index (χ1v) is 8.37. The van der Waals surface area contributed by atoms with Crippen LogP contribution in [0, 0.1) is 0 Å². The van der Waals surface area contributed by atoms with E-state index in [1.807, 2.05) is 24.3 Å². The van der Waals surface area contributed by atoms with Gasteiger partial charge in [0.1, 0.15) is 5.52 Å². The lowest BCUT2D eigenvalue weighted by molar-refractivity contribution is 0.282. The monoisotopic (exact) mass is 329 g/mol. The molecular formula is C21H19N3O. The van der Waals surface area contributed by atoms with Crippen molar-refractivity contribution in [3.05, 3.63) is 77.5 Å². The molecule has 4 rings (SSSR count). The summed E-state index contributed by atoms with van der Waals surface area (Å²) in [7, 11) is 0. The molecule has 0 fully saturated rings. The highest BCUT2D eigenvalue weighted by Gasteiger charge is 2.12. The minimum Gasteiger partial charge on any atom is -0.392 e. The van der Waals surface area contributed by atoms with Crippen molar-refractivity contribution in [3.63, 3.8) is 0 Å². The molecule has 25 heavy (non-hydrogen) atoms. The molecule has 0 unspecified atom stereocenters. The number of benzene rings is 2. The van der Waals surface area contributed by atoms with Crippen molar-refractivity contribution >= 4 is 27.6 Å². The number of pyridine rings is 2. The van der Waals surface area contributed by atoms with Crippen LogP contribution in [-0.2, 0) is 19.4 Å². The molecule has 0 radical (unpaired) electrons. The fourth-order valence-electron chi connectivity index (χ4n) is 3.29. The zero-order valence-electron chi connectivity index (χ0n) is 13.8. The number of aryl methyl sites for hydroxylation is 2. The molecule has 2 aromatic carbocycles. The average molecular weight is 329 g/mol. The van der Waals surface area contributed by atoms with Crippen LogP contribution in [-0.4, -0.2) is 15.1 Å². The van der Waals surface area contributed by atoms with Crippen molar-refractivity contribution in [3.8, 4) is 0 Å². The molecule has 2 heterocycles. The molecule has 0 spiro atoms. The highest BCUT2D eigenvalue weighted by molar-refractivity contribution is 6.09. The van der Waals surface area contributed by atoms with Crippen LogP contribution in [0.25, 0.3) is 21.8 Å². The average Bonchev–Trinajstić information content (AvgIpc) is 2.66. The molecule has 0 aliphatic carbocycles. The molecule has 124 valence electrons. The number of aromatic nitrogens is 2. The minimum absolute atomic E-state index is 0.0105. The van der Waals surface area contributed by atoms with Crippen molar-refractivity contribution < 1.29 is 5.11 Å². The Morgan fingerprint density at radius 2 is 1.76 bits per heavy atom. The van der Waals surface area contributed by atoms with Gasteiger partial charge in [-0.1, -0.05) is 42.5 Å². The minimum atomic E-state index is -0.0105. The van der Waals surface area contributed by atoms with E-state index < -0.39 is 0 Å². The molecule has 0 saturated carbocycles. The van der Waals surface area contributed by atoms with Gasteiger partial charge >= 0.3 is 0 Å². The molecule has 2 aromatic heterocycles. The largest absolute Gasteiger partial charge is 0.392 e. The van der Waals surface area contributed by atoms with Gasteiger partial charge in [-0.05, 0) is 41.7 Å². The van der Waals surface area contributed by atoms with Gasteiger partial charge in [0.15, 0.2) is 5.82 Å². The van der Waals surface area contributed by atoms with Crippen LogP contribution in [0.3, 0.4) is 0 Å². The highest BCUT2D eigenvalue weighted by Crippen LogP contribution is 2.30. The Hall–Kier alpha value is -2.98. The first-order chi connectivity index (χ1) is 12.3. The summed E-state index contributed by atoms with van der Waals surface area (Å²) in [5.41, 5.74) is 11.0. The van der Waals surface area contributed by atoms with Gasteiger partial charge in [-0.3, -0.25) is 4.98 Å². The SMILES string of the molecule is Nc1nc2cc(CO)ccc2c2c(CCc3ccccc3)ccnc12. The third kappa shape index (κ3) is 2.92. The fraction of sp³-hybridized carbons (Fsp3) is 0.143. The van der Waals surface area contributed by atoms with Crippen LogP contribution in [0.2, 0.25) is 0 Å². The summed E-state index contributed by atoms with van der Waals surface area (Å²) in [6.07, 6.45) is 3.66. The van der Waals surface area contributed by atoms with Crippen LogP contribution < -0.4 is 5.73 Å². The molecule has 4 aromatic rings. The highest BCUT2D eigenvalue weighted by atomic mass is 16.3. The van der Waals surface area contributed by atoms with Crippen molar-refractivity contribution in [1.29, 1.82) is 0 Å². The Bertz CT molecular complexity index is 1050. The molecule has 0 atom stereocenters. The summed E-state index contributed by atoms with van der Waals surface area (Å²) in [4.78, 5) is 8.93. The van der Waals surface area contributed by atoms with Gasteiger partial charge in [0.25, 0.3) is 0 Å². The van der Waals surface area contributed by atoms with Gasteiger partial charge in [-0.25, -0.2) is 4.98 Å². The van der Waals surface area contributed by atoms with E-state index in [2.05, 4.69) is 40.3 Å². The van der Waals surface area contributed by atoms with Crippen molar-refractivity contribution in [2.24, 2.45) is 0 Å². The van der Waals surface area contributed by atoms with Gasteiger partial charge < -0.3 is 10.8 Å². The van der Waals surface area contributed by atoms with Crippen molar-refractivity contribution in [2.45, 2.75) is 19.4 Å². The van der Waals surface area contributed by atoms with E-state index in [1.165, 1.54) is 11.1 Å². The number of hydrogen-bond acceptors (Lipinski definition) is 4. The molecule has 0 bridgehead atoms. The maximum Gasteiger partial charge on any atom is 0.150 e. The van der Waals surface area contributed by atoms with Gasteiger partial charge in [0.05, 0.1) is 12.1 Å². The number of nitrogens with two attached hydrogens (primary N) is 1. The van der Waals surface area contributed by atoms with E-state index in [0.717, 1.165) is 40.2 Å². The number of nitrogens with zero attached hydrogens (tertiary/aromatic N) is 2. The molecule has 0 aliphatic rings. The Labute approximate surface area is 146 Å². The summed E-state index contributed by atoms with van der Waals surface area (Å²) < 4.78 is 0. The maximum atomic E-state index is 9.37. The molecule has 0 saturated heterocycles. The second-order valence-corrected chi connectivity index (χ2v) is 6.19. The lowest BCUT2D eigenvalue weighted by atomic mass is 9.98. The number of aliphatic hydroxyl groups is 1. The molecular weight excluding hydrogens is 310 g/mol. The third-order valence-corrected chi connectivity index (χ3v) is 4.56. The molecule has 0 aliphatic heterocycles. The lowest BCUT2D eigenvalue weighted by Gasteiger charge is -2.11. The molecule has 4 nitrogen and oxygen atoms in total. The number of nitrogen functional groups attached to an aromatic ring is 1. The Morgan fingerprint density at radius 1 is 0.920 bits per heavy atom. The number of fused-ring (bicyclic) bond motifs is 3. The van der Waals surface area contributed by atoms with Crippen LogP contribution in [0.15, 0.2) is 60.8 Å². The maximum absolute atomic E-state index is 9.37. The fourth-order valence-corrected chi connectivity index (χ4v) is 3.29. The summed E-state index contributed by atoms with van der Waals surface area (Å²) in [5, 5.41) is 11.5. The molecule has 4 heteroatoms. The first kappa shape index (κ1) is 15.5. The zero-order valence-corrected chi connectivity index (χ0v) is 13.8. The van der Waals surface area contributed by atoms with Gasteiger partial charge in [0, 0.05) is 17.0 Å². The Kier molecular flexibility index (Phi) is 4.04. The van der Waals surface area contributed by atoms with Gasteiger partial charge in [-0.2, -0.15) is 0 Å². The van der Waals surface area contributed by atoms with E-state index in [0.29, 0.717) is 5.82 Å². The third-order valence-electron chi connectivity index (χ3n) is 4.56. The standard InChI is InChI=1S/C21H19N3O/c22-21-20-19(17-9-7-15(13-25)12-18(17)24-21)16(10-11-23-20)8-6-14-4-2-1-3-5-14/h1-5,7,9-12,25H,6,8,13H2,(H2,22,24). The number of anilines is 1. The van der Waals surface area contributed by atoms with Crippen molar-refractivity contribution in [1.82, 2.24) is 9.97 Å². The van der Waals surface area contributed by atoms with Crippen LogP contribution >= 0.6 is 0 Å². The second-order valence-electron chi connectivity index (χ2n) is 6.19. The number of rotatable bonds is 4.